The number of aliphatic hydroxyl groups excluding tert-OH is 1. The average Bonchev–Trinajstić information content (AvgIpc) is 1.53. The Bertz CT molecular complexity index is 6570. The van der Waals surface area contributed by atoms with Crippen LogP contribution in [0.4, 0.5) is 200 Å². The van der Waals surface area contributed by atoms with Crippen LogP contribution in [-0.2, 0) is 57.6 Å². The lowest BCUT2D eigenvalue weighted by Crippen LogP contribution is -2.54. The number of nitrogens with zero attached hydrogens (tertiary/aromatic N) is 5. The molecule has 0 bridgehead atoms. The number of aliphatic hydroxyl groups is 6. The minimum absolute atomic E-state index is 0.250. The zero-order valence-corrected chi connectivity index (χ0v) is 72.6. The Hall–Kier alpha value is -14.3. The smallest absolute Gasteiger partial charge is 0.346 e. The molecule has 0 aromatic heterocycles. The van der Waals surface area contributed by atoms with E-state index in [1.54, 1.807) is 0 Å². The number of hydrogen-bond acceptors (Lipinski definition) is 11. The van der Waals surface area contributed by atoms with E-state index in [2.05, 4.69) is 24.2 Å². The van der Waals surface area contributed by atoms with Gasteiger partial charge in [-0.15, -0.1) is 0 Å². The summed E-state index contributed by atoms with van der Waals surface area (Å²) < 4.78 is 582. The summed E-state index contributed by atoms with van der Waals surface area (Å²) in [7, 11) is 0. The fraction of sp³-hybridized carbons (Fsp3) is 0.316. The zero-order valence-electron chi connectivity index (χ0n) is 72.6. The summed E-state index contributed by atoms with van der Waals surface area (Å²) in [6.45, 7) is 34.4. The van der Waals surface area contributed by atoms with Gasteiger partial charge in [-0.25, -0.2) is 108 Å². The third kappa shape index (κ3) is 15.4. The van der Waals surface area contributed by atoms with E-state index in [4.69, 9.17) is 56.5 Å². The molecule has 6 N–H and O–H groups in total. The van der Waals surface area contributed by atoms with Crippen LogP contribution in [0.3, 0.4) is 0 Å². The van der Waals surface area contributed by atoms with Gasteiger partial charge in [-0.3, -0.25) is 0 Å². The van der Waals surface area contributed by atoms with Crippen molar-refractivity contribution in [1.29, 1.82) is 0 Å². The monoisotopic (exact) mass is 2170 g/mol. The van der Waals surface area contributed by atoms with Crippen LogP contribution >= 0.6 is 0 Å². The van der Waals surface area contributed by atoms with Crippen LogP contribution in [0.15, 0.2) is 152 Å². The molecule has 0 amide bonds. The standard InChI is InChI=1S/4C19H9F8NO2.C19H10F7NO3/c4*1-28-9-4-8(20)5-10(6-9)30-12-3-2-11-14-13(12)15(21)17(22,23)7-16(14,29)19(26,27)18(11,24)25;1-27-9-4-8(20)5-10(6-9)30-12-3-2-11-14-13(12)15(28)17(21,22)7-16(14,29)19(25,26)18(11,23)24/h4*2-6,15,29H,7H2;2-6,15,28-29H,7H2/t15?,16-;15-,16+;2*15-,16-;/m0010./s1. The molecule has 55 heteroatoms. The minimum atomic E-state index is -5.35. The largest absolute Gasteiger partial charge is 0.458 e. The molecule has 3 unspecified atom stereocenters. The van der Waals surface area contributed by atoms with Crippen molar-refractivity contribution in [3.05, 3.63) is 321 Å². The van der Waals surface area contributed by atoms with E-state index in [0.29, 0.717) is 84.9 Å². The molecule has 10 aromatic carbocycles. The lowest BCUT2D eigenvalue weighted by atomic mass is 9.75. The molecule has 10 aliphatic rings. The highest BCUT2D eigenvalue weighted by atomic mass is 19.4. The first-order chi connectivity index (χ1) is 68.8. The van der Waals surface area contributed by atoms with Gasteiger partial charge >= 0.3 is 59.2 Å². The third-order valence-corrected chi connectivity index (χ3v) is 26.0. The quantitative estimate of drug-likeness (QED) is 0.0565. The van der Waals surface area contributed by atoms with Gasteiger partial charge in [-0.05, 0) is 121 Å². The van der Waals surface area contributed by atoms with Crippen molar-refractivity contribution in [2.24, 2.45) is 0 Å². The maximum atomic E-state index is 14.6. The van der Waals surface area contributed by atoms with Crippen molar-refractivity contribution in [2.45, 2.75) is 180 Å². The summed E-state index contributed by atoms with van der Waals surface area (Å²) in [6.07, 6.45) is -27.5. The highest BCUT2D eigenvalue weighted by Crippen LogP contribution is 2.76. The lowest BCUT2D eigenvalue weighted by Gasteiger charge is -2.41. The van der Waals surface area contributed by atoms with Crippen molar-refractivity contribution >= 4 is 28.4 Å². The van der Waals surface area contributed by atoms with Crippen molar-refractivity contribution in [3.63, 3.8) is 0 Å². The molecule has 20 rings (SSSR count). The molecule has 0 aliphatic heterocycles. The number of alkyl halides is 34. The molecular formula is C95H46F39N5O11. The Morgan fingerprint density at radius 2 is 0.380 bits per heavy atom. The first kappa shape index (κ1) is 108. The van der Waals surface area contributed by atoms with Crippen LogP contribution in [-0.4, -0.2) is 89.9 Å². The van der Waals surface area contributed by atoms with Gasteiger partial charge in [-0.1, -0.05) is 0 Å². The normalized spacial score (nSPS) is 27.3. The molecule has 10 aliphatic carbocycles. The van der Waals surface area contributed by atoms with Gasteiger partial charge in [0.2, 0.25) is 0 Å². The lowest BCUT2D eigenvalue weighted by molar-refractivity contribution is -0.308. The average molecular weight is 2170 g/mol. The van der Waals surface area contributed by atoms with E-state index >= 15 is 0 Å². The Morgan fingerprint density at radius 1 is 0.227 bits per heavy atom. The van der Waals surface area contributed by atoms with E-state index in [1.165, 1.54) is 0 Å². The van der Waals surface area contributed by atoms with Gasteiger partial charge in [0.25, 0.3) is 29.6 Å². The first-order valence-electron chi connectivity index (χ1n) is 41.5. The molecule has 0 radical (unpaired) electrons. The predicted octanol–water partition coefficient (Wildman–Crippen LogP) is 29.8. The van der Waals surface area contributed by atoms with Crippen molar-refractivity contribution in [1.82, 2.24) is 0 Å². The van der Waals surface area contributed by atoms with Gasteiger partial charge in [0.05, 0.1) is 65.0 Å². The van der Waals surface area contributed by atoms with E-state index in [-0.39, 0.29) is 28.4 Å². The number of halogens is 39. The highest BCUT2D eigenvalue weighted by Gasteiger charge is 2.87. The van der Waals surface area contributed by atoms with E-state index in [1.807, 2.05) is 0 Å². The van der Waals surface area contributed by atoms with Crippen LogP contribution < -0.4 is 23.7 Å². The van der Waals surface area contributed by atoms with Crippen LogP contribution in [0.1, 0.15) is 146 Å². The fourth-order valence-electron chi connectivity index (χ4n) is 19.4. The van der Waals surface area contributed by atoms with E-state index in [0.717, 1.165) is 66.7 Å². The van der Waals surface area contributed by atoms with Gasteiger partial charge in [0.1, 0.15) is 92.7 Å². The van der Waals surface area contributed by atoms with Crippen molar-refractivity contribution in [3.8, 4) is 57.5 Å². The summed E-state index contributed by atoms with van der Waals surface area (Å²) >= 11 is 0. The fourth-order valence-corrected chi connectivity index (χ4v) is 19.4. The molecule has 0 saturated heterocycles. The summed E-state index contributed by atoms with van der Waals surface area (Å²) in [6, 6.07) is 17.3. The van der Waals surface area contributed by atoms with E-state index in [9.17, 15) is 202 Å². The van der Waals surface area contributed by atoms with Gasteiger partial charge in [-0.2, -0.15) is 87.8 Å². The number of rotatable bonds is 10. The van der Waals surface area contributed by atoms with Gasteiger partial charge in [0, 0.05) is 114 Å². The summed E-state index contributed by atoms with van der Waals surface area (Å²) in [5.74, 6) is -86.5. The van der Waals surface area contributed by atoms with Crippen molar-refractivity contribution in [2.75, 3.05) is 0 Å². The predicted molar refractivity (Wildman–Crippen MR) is 428 cm³/mol. The first-order valence-corrected chi connectivity index (χ1v) is 41.5. The summed E-state index contributed by atoms with van der Waals surface area (Å²) in [4.78, 5) is 14.7. The maximum Gasteiger partial charge on any atom is 0.346 e. The van der Waals surface area contributed by atoms with Crippen LogP contribution in [0.25, 0.3) is 24.2 Å². The molecule has 0 saturated carbocycles. The molecule has 790 valence electrons. The second-order valence-electron chi connectivity index (χ2n) is 35.4. The van der Waals surface area contributed by atoms with Gasteiger partial charge in [0.15, 0.2) is 81.1 Å². The SMILES string of the molecule is [C-]#[N+]c1cc(F)cc(Oc2ccc3c4c2C(F)C(F)(F)C[C@@]4(O)C(F)(F)C3(F)F)c1.[C-]#[N+]c1cc(F)cc(Oc2ccc3c4c2C(O)C(F)(F)CC4(O)C(F)(F)C3(F)F)c1.[C-]#[N+]c1cc(F)cc(Oc2ccc3c4c2[C@@H](F)C(F)(F)C[C@]4(O)C(F)(F)C3(F)F)c1.[C-]#[N+]c1cc(F)cc(Oc2ccc3c4c2[C@H](F)C(F)(F)C[C@@]4(O)C(F)(F)C3(F)F)c1.[C-]#[N+]c1cc(F)cc(Oc2ccc3c4c2[C@H](F)C(F)(F)C[C@]4(O)C(F)(F)C3(F)F)c1. The number of benzene rings is 10. The molecule has 0 heterocycles. The maximum absolute atomic E-state index is 14.6. The molecule has 10 aromatic rings. The molecule has 150 heavy (non-hydrogen) atoms. The number of hydrogen-bond donors (Lipinski definition) is 6. The molecular weight excluding hydrogens is 2130 g/mol. The molecule has 0 spiro atoms. The van der Waals surface area contributed by atoms with Crippen LogP contribution in [0, 0.1) is 61.9 Å². The van der Waals surface area contributed by atoms with Crippen LogP contribution in [0.2, 0.25) is 0 Å². The van der Waals surface area contributed by atoms with Crippen LogP contribution in [0.5, 0.6) is 57.5 Å². The molecule has 0 fully saturated rings. The number of ether oxygens (including phenoxy) is 5. The van der Waals surface area contributed by atoms with E-state index < -0.39 is 350 Å². The van der Waals surface area contributed by atoms with Gasteiger partial charge < -0.3 is 54.3 Å². The second-order valence-corrected chi connectivity index (χ2v) is 35.4. The Kier molecular flexibility index (Phi) is 24.6. The zero-order chi connectivity index (χ0) is 111. The molecule has 10 atom stereocenters. The topological polar surface area (TPSA) is 189 Å². The summed E-state index contributed by atoms with van der Waals surface area (Å²) in [5, 5.41) is 61.6. The second kappa shape index (κ2) is 34.1. The molecule has 16 nitrogen and oxygen atoms in total. The Labute approximate surface area is 809 Å². The summed E-state index contributed by atoms with van der Waals surface area (Å²) in [5.41, 5.74) is -42.5. The highest BCUT2D eigenvalue weighted by molar-refractivity contribution is 5.68. The minimum Gasteiger partial charge on any atom is -0.458 e. The van der Waals surface area contributed by atoms with Crippen molar-refractivity contribution < 1.29 is 226 Å². The Balaban J connectivity index is 0.000000133. The third-order valence-electron chi connectivity index (χ3n) is 26.0. The Morgan fingerprint density at radius 3 is 0.547 bits per heavy atom.